The summed E-state index contributed by atoms with van der Waals surface area (Å²) in [4.78, 5) is 3.79. The topological polar surface area (TPSA) is 120 Å². The molecule has 0 spiro atoms. The summed E-state index contributed by atoms with van der Waals surface area (Å²) in [6.07, 6.45) is -0.791. The lowest BCUT2D eigenvalue weighted by atomic mass is 10.2. The zero-order valence-electron chi connectivity index (χ0n) is 12.5. The Morgan fingerprint density at radius 2 is 2.25 bits per heavy atom. The van der Waals surface area contributed by atoms with E-state index in [1.54, 1.807) is 13.0 Å². The van der Waals surface area contributed by atoms with Gasteiger partial charge >= 0.3 is 0 Å². The number of nitriles is 1. The molecule has 0 unspecified atom stereocenters. The molecule has 3 rings (SSSR count). The number of nitrogens with zero attached hydrogens (tertiary/aromatic N) is 4. The molecule has 1 aromatic heterocycles. The van der Waals surface area contributed by atoms with Gasteiger partial charge in [0.2, 0.25) is 15.9 Å². The van der Waals surface area contributed by atoms with Crippen LogP contribution in [0.5, 0.6) is 0 Å². The van der Waals surface area contributed by atoms with Crippen LogP contribution in [-0.2, 0) is 10.0 Å². The molecule has 1 fully saturated rings. The molecular weight excluding hydrogens is 339 g/mol. The smallest absolute Gasteiger partial charge is 0.245 e. The van der Waals surface area contributed by atoms with Crippen molar-refractivity contribution in [2.24, 2.45) is 0 Å². The molecule has 0 aliphatic carbocycles. The molecule has 2 aromatic rings. The van der Waals surface area contributed by atoms with Crippen molar-refractivity contribution >= 4 is 10.0 Å². The first kappa shape index (κ1) is 16.5. The maximum atomic E-state index is 13.4. The van der Waals surface area contributed by atoms with Gasteiger partial charge in [-0.25, -0.2) is 12.8 Å². The van der Waals surface area contributed by atoms with Gasteiger partial charge in [-0.2, -0.15) is 14.6 Å². The average Bonchev–Trinajstić information content (AvgIpc) is 3.13. The van der Waals surface area contributed by atoms with Gasteiger partial charge in [-0.3, -0.25) is 0 Å². The van der Waals surface area contributed by atoms with Gasteiger partial charge in [0.15, 0.2) is 5.82 Å². The van der Waals surface area contributed by atoms with E-state index in [-0.39, 0.29) is 29.3 Å². The molecule has 0 radical (unpaired) electrons. The van der Waals surface area contributed by atoms with Crippen LogP contribution in [0, 0.1) is 24.1 Å². The highest BCUT2D eigenvalue weighted by Gasteiger charge is 2.43. The van der Waals surface area contributed by atoms with Gasteiger partial charge in [-0.05, 0) is 25.1 Å². The molecule has 10 heteroatoms. The van der Waals surface area contributed by atoms with E-state index in [1.165, 1.54) is 0 Å². The third kappa shape index (κ3) is 2.77. The van der Waals surface area contributed by atoms with Crippen molar-refractivity contribution in [3.05, 3.63) is 41.3 Å². The van der Waals surface area contributed by atoms with Gasteiger partial charge in [0.25, 0.3) is 0 Å². The quantitative estimate of drug-likeness (QED) is 0.870. The van der Waals surface area contributed by atoms with Gasteiger partial charge in [-0.1, -0.05) is 5.16 Å². The number of halogens is 1. The van der Waals surface area contributed by atoms with Crippen molar-refractivity contribution in [1.82, 2.24) is 14.4 Å². The number of aliphatic hydroxyl groups is 1. The maximum absolute atomic E-state index is 13.4. The summed E-state index contributed by atoms with van der Waals surface area (Å²) in [7, 11) is -4.08. The second-order valence-corrected chi connectivity index (χ2v) is 7.30. The normalized spacial score (nSPS) is 21.8. The first-order chi connectivity index (χ1) is 11.3. The molecule has 2 heterocycles. The number of sulfonamides is 1. The Hall–Kier alpha value is -2.35. The van der Waals surface area contributed by atoms with E-state index in [4.69, 9.17) is 9.78 Å². The molecule has 0 amide bonds. The van der Waals surface area contributed by atoms with Gasteiger partial charge in [0, 0.05) is 13.0 Å². The fraction of sp³-hybridized carbons (Fsp3) is 0.357. The molecule has 1 aliphatic rings. The number of aliphatic hydroxyl groups excluding tert-OH is 1. The molecule has 1 saturated heterocycles. The Morgan fingerprint density at radius 3 is 2.88 bits per heavy atom. The van der Waals surface area contributed by atoms with Crippen LogP contribution < -0.4 is 0 Å². The zero-order valence-corrected chi connectivity index (χ0v) is 13.4. The fourth-order valence-corrected chi connectivity index (χ4v) is 4.27. The molecule has 0 bridgehead atoms. The Morgan fingerprint density at radius 1 is 1.50 bits per heavy atom. The van der Waals surface area contributed by atoms with Crippen molar-refractivity contribution in [2.45, 2.75) is 30.4 Å². The predicted molar refractivity (Wildman–Crippen MR) is 77.4 cm³/mol. The number of benzene rings is 1. The molecule has 1 aromatic carbocycles. The minimum absolute atomic E-state index is 0.0789. The van der Waals surface area contributed by atoms with E-state index in [0.717, 1.165) is 22.5 Å². The molecule has 24 heavy (non-hydrogen) atoms. The van der Waals surface area contributed by atoms with E-state index in [0.29, 0.717) is 5.82 Å². The number of hydrogen-bond acceptors (Lipinski definition) is 7. The summed E-state index contributed by atoms with van der Waals surface area (Å²) < 4.78 is 45.2. The summed E-state index contributed by atoms with van der Waals surface area (Å²) in [6, 6.07) is 3.75. The number of aryl methyl sites for hydroxylation is 1. The molecular formula is C14H13FN4O4S. The fourth-order valence-electron chi connectivity index (χ4n) is 2.61. The van der Waals surface area contributed by atoms with E-state index >= 15 is 0 Å². The first-order valence-electron chi connectivity index (χ1n) is 7.02. The number of hydrogen-bond donors (Lipinski definition) is 1. The average molecular weight is 352 g/mol. The molecule has 2 atom stereocenters. The van der Waals surface area contributed by atoms with Crippen LogP contribution in [0.1, 0.15) is 29.7 Å². The predicted octanol–water partition coefficient (Wildman–Crippen LogP) is 0.885. The van der Waals surface area contributed by atoms with Crippen molar-refractivity contribution in [2.75, 3.05) is 6.54 Å². The lowest BCUT2D eigenvalue weighted by molar-refractivity contribution is 0.188. The van der Waals surface area contributed by atoms with Crippen LogP contribution in [0.15, 0.2) is 27.6 Å². The lowest BCUT2D eigenvalue weighted by Gasteiger charge is -2.21. The minimum atomic E-state index is -4.08. The third-order valence-electron chi connectivity index (χ3n) is 3.73. The minimum Gasteiger partial charge on any atom is -0.392 e. The van der Waals surface area contributed by atoms with Crippen LogP contribution in [-0.4, -0.2) is 40.6 Å². The summed E-state index contributed by atoms with van der Waals surface area (Å²) >= 11 is 0. The largest absolute Gasteiger partial charge is 0.392 e. The van der Waals surface area contributed by atoms with Gasteiger partial charge in [0.05, 0.1) is 16.6 Å². The van der Waals surface area contributed by atoms with Gasteiger partial charge < -0.3 is 9.63 Å². The summed E-state index contributed by atoms with van der Waals surface area (Å²) in [5.74, 6) is -0.380. The highest BCUT2D eigenvalue weighted by atomic mass is 32.2. The third-order valence-corrected chi connectivity index (χ3v) is 5.60. The summed E-state index contributed by atoms with van der Waals surface area (Å²) in [5, 5.41) is 22.4. The Bertz CT molecular complexity index is 921. The van der Waals surface area contributed by atoms with Crippen LogP contribution in [0.25, 0.3) is 0 Å². The zero-order chi connectivity index (χ0) is 17.5. The van der Waals surface area contributed by atoms with Gasteiger partial charge in [-0.15, -0.1) is 0 Å². The molecule has 126 valence electrons. The van der Waals surface area contributed by atoms with Crippen molar-refractivity contribution in [1.29, 1.82) is 5.26 Å². The monoisotopic (exact) mass is 352 g/mol. The second kappa shape index (κ2) is 5.94. The molecule has 8 nitrogen and oxygen atoms in total. The van der Waals surface area contributed by atoms with E-state index in [1.807, 2.05) is 0 Å². The Balaban J connectivity index is 2.03. The standard InChI is InChI=1S/C14H13FN4O4S/c1-8-17-14(23-18-8)13-5-10(20)7-19(13)24(21,22)11-2-3-12(15)9(4-11)6-16/h2-4,10,13,20H,5,7H2,1H3/t10-,13+/m0/s1. The summed E-state index contributed by atoms with van der Waals surface area (Å²) in [6.45, 7) is 1.43. The SMILES string of the molecule is Cc1noc([C@H]2C[C@H](O)CN2S(=O)(=O)c2ccc(F)c(C#N)c2)n1. The van der Waals surface area contributed by atoms with E-state index < -0.39 is 28.0 Å². The van der Waals surface area contributed by atoms with Crippen molar-refractivity contribution in [3.63, 3.8) is 0 Å². The number of β-amino-alcohol motifs (C(OH)–C–C–N with tert-alkyl or cyclic N) is 1. The van der Waals surface area contributed by atoms with Gasteiger partial charge in [0.1, 0.15) is 17.9 Å². The van der Waals surface area contributed by atoms with Crippen LogP contribution in [0.2, 0.25) is 0 Å². The highest BCUT2D eigenvalue weighted by Crippen LogP contribution is 2.36. The Kier molecular flexibility index (Phi) is 4.08. The lowest BCUT2D eigenvalue weighted by Crippen LogP contribution is -2.32. The number of aromatic nitrogens is 2. The molecule has 1 aliphatic heterocycles. The van der Waals surface area contributed by atoms with Crippen LogP contribution >= 0.6 is 0 Å². The highest BCUT2D eigenvalue weighted by molar-refractivity contribution is 7.89. The van der Waals surface area contributed by atoms with Crippen molar-refractivity contribution < 1.29 is 22.4 Å². The number of rotatable bonds is 3. The maximum Gasteiger partial charge on any atom is 0.245 e. The molecule has 0 saturated carbocycles. The Labute approximate surface area is 137 Å². The van der Waals surface area contributed by atoms with Crippen LogP contribution in [0.4, 0.5) is 4.39 Å². The van der Waals surface area contributed by atoms with E-state index in [2.05, 4.69) is 10.1 Å². The van der Waals surface area contributed by atoms with Crippen LogP contribution in [0.3, 0.4) is 0 Å². The summed E-state index contributed by atoms with van der Waals surface area (Å²) in [5.41, 5.74) is -0.374. The first-order valence-corrected chi connectivity index (χ1v) is 8.46. The van der Waals surface area contributed by atoms with Crippen molar-refractivity contribution in [3.8, 4) is 6.07 Å². The second-order valence-electron chi connectivity index (χ2n) is 5.41. The van der Waals surface area contributed by atoms with E-state index in [9.17, 15) is 17.9 Å². The molecule has 1 N–H and O–H groups in total.